The van der Waals surface area contributed by atoms with Gasteiger partial charge in [0.25, 0.3) is 0 Å². The van der Waals surface area contributed by atoms with Crippen LogP contribution in [0.5, 0.6) is 0 Å². The molecule has 0 bridgehead atoms. The average molecular weight is 280 g/mol. The predicted octanol–water partition coefficient (Wildman–Crippen LogP) is 4.24. The maximum Gasteiger partial charge on any atom is 0.134 e. The zero-order chi connectivity index (χ0) is 14.7. The Balaban J connectivity index is 1.82. The summed E-state index contributed by atoms with van der Waals surface area (Å²) >= 11 is 0. The Morgan fingerprint density at radius 1 is 1.14 bits per heavy atom. The molecule has 1 N–H and O–H groups in total. The number of benzene rings is 1. The van der Waals surface area contributed by atoms with Crippen molar-refractivity contribution in [3.8, 4) is 0 Å². The van der Waals surface area contributed by atoms with E-state index in [1.54, 1.807) is 0 Å². The lowest BCUT2D eigenvalue weighted by atomic mass is 10.1. The molecule has 0 saturated heterocycles. The molecule has 0 aliphatic rings. The number of hydrogen-bond acceptors (Lipinski definition) is 3. The van der Waals surface area contributed by atoms with Crippen molar-refractivity contribution in [3.05, 3.63) is 65.7 Å². The van der Waals surface area contributed by atoms with Crippen LogP contribution < -0.4 is 5.32 Å². The zero-order valence-corrected chi connectivity index (χ0v) is 12.5. The van der Waals surface area contributed by atoms with Crippen LogP contribution in [0.25, 0.3) is 11.0 Å². The second kappa shape index (κ2) is 6.10. The number of furan rings is 1. The van der Waals surface area contributed by atoms with E-state index in [1.165, 1.54) is 10.9 Å². The van der Waals surface area contributed by atoms with Crippen molar-refractivity contribution < 1.29 is 4.42 Å². The van der Waals surface area contributed by atoms with E-state index in [0.717, 1.165) is 30.0 Å². The highest BCUT2D eigenvalue weighted by molar-refractivity contribution is 5.82. The summed E-state index contributed by atoms with van der Waals surface area (Å²) < 4.78 is 5.93. The van der Waals surface area contributed by atoms with Gasteiger partial charge in [-0.3, -0.25) is 4.98 Å². The van der Waals surface area contributed by atoms with Crippen LogP contribution in [-0.2, 0) is 13.0 Å². The van der Waals surface area contributed by atoms with Gasteiger partial charge in [0.2, 0.25) is 0 Å². The fraction of sp³-hybridized carbons (Fsp3) is 0.278. The fourth-order valence-electron chi connectivity index (χ4n) is 2.62. The third-order valence-electron chi connectivity index (χ3n) is 3.82. The van der Waals surface area contributed by atoms with Crippen LogP contribution in [0.4, 0.5) is 0 Å². The molecule has 0 radical (unpaired) electrons. The van der Waals surface area contributed by atoms with Gasteiger partial charge < -0.3 is 9.73 Å². The van der Waals surface area contributed by atoms with E-state index >= 15 is 0 Å². The van der Waals surface area contributed by atoms with Crippen LogP contribution in [0.2, 0.25) is 0 Å². The summed E-state index contributed by atoms with van der Waals surface area (Å²) in [6.07, 6.45) is 2.74. The Morgan fingerprint density at radius 2 is 1.95 bits per heavy atom. The second-order valence-corrected chi connectivity index (χ2v) is 5.21. The Bertz CT molecular complexity index is 718. The summed E-state index contributed by atoms with van der Waals surface area (Å²) in [6.45, 7) is 5.05. The lowest BCUT2D eigenvalue weighted by molar-refractivity contribution is 0.526. The number of nitrogens with one attached hydrogen (secondary N) is 1. The number of aromatic nitrogens is 1. The van der Waals surface area contributed by atoms with Gasteiger partial charge in [-0.05, 0) is 25.1 Å². The Morgan fingerprint density at radius 3 is 2.71 bits per heavy atom. The summed E-state index contributed by atoms with van der Waals surface area (Å²) in [5.74, 6) is 1.07. The molecule has 2 heterocycles. The lowest BCUT2D eigenvalue weighted by Gasteiger charge is -2.13. The first kappa shape index (κ1) is 13.8. The molecule has 3 rings (SSSR count). The Kier molecular flexibility index (Phi) is 4.02. The molecule has 0 spiro atoms. The van der Waals surface area contributed by atoms with Gasteiger partial charge >= 0.3 is 0 Å². The van der Waals surface area contributed by atoms with E-state index in [4.69, 9.17) is 4.42 Å². The summed E-state index contributed by atoms with van der Waals surface area (Å²) in [6, 6.07) is 14.4. The van der Waals surface area contributed by atoms with Gasteiger partial charge in [-0.2, -0.15) is 0 Å². The van der Waals surface area contributed by atoms with Crippen molar-refractivity contribution in [1.29, 1.82) is 0 Å². The monoisotopic (exact) mass is 280 g/mol. The third-order valence-corrected chi connectivity index (χ3v) is 3.82. The molecule has 0 unspecified atom stereocenters. The molecule has 0 saturated carbocycles. The van der Waals surface area contributed by atoms with Crippen molar-refractivity contribution in [2.24, 2.45) is 0 Å². The molecular weight excluding hydrogens is 260 g/mol. The van der Waals surface area contributed by atoms with E-state index in [0.29, 0.717) is 0 Å². The van der Waals surface area contributed by atoms with Crippen LogP contribution in [0, 0.1) is 0 Å². The van der Waals surface area contributed by atoms with Crippen molar-refractivity contribution in [3.63, 3.8) is 0 Å². The Labute approximate surface area is 125 Å². The number of aryl methyl sites for hydroxylation is 1. The van der Waals surface area contributed by atoms with E-state index in [9.17, 15) is 0 Å². The molecule has 0 aliphatic heterocycles. The summed E-state index contributed by atoms with van der Waals surface area (Å²) in [5, 5.41) is 4.75. The van der Waals surface area contributed by atoms with Gasteiger partial charge in [-0.15, -0.1) is 0 Å². The summed E-state index contributed by atoms with van der Waals surface area (Å²) in [5.41, 5.74) is 3.29. The quantitative estimate of drug-likeness (QED) is 0.759. The topological polar surface area (TPSA) is 38.1 Å². The minimum absolute atomic E-state index is 0.213. The number of fused-ring (bicyclic) bond motifs is 1. The molecule has 108 valence electrons. The SMILES string of the molecule is CCc1oc2ccccc2c1CN[C@@H](C)c1ccccn1. The van der Waals surface area contributed by atoms with Crippen LogP contribution in [0.15, 0.2) is 53.1 Å². The van der Waals surface area contributed by atoms with Gasteiger partial charge in [-0.25, -0.2) is 0 Å². The average Bonchev–Trinajstić information content (AvgIpc) is 2.91. The molecule has 0 aliphatic carbocycles. The number of hydrogen-bond donors (Lipinski definition) is 1. The molecule has 21 heavy (non-hydrogen) atoms. The lowest BCUT2D eigenvalue weighted by Crippen LogP contribution is -2.19. The number of nitrogens with zero attached hydrogens (tertiary/aromatic N) is 1. The molecule has 0 amide bonds. The van der Waals surface area contributed by atoms with E-state index in [2.05, 4.69) is 36.3 Å². The van der Waals surface area contributed by atoms with Crippen LogP contribution in [0.1, 0.15) is 36.9 Å². The smallest absolute Gasteiger partial charge is 0.134 e. The summed E-state index contributed by atoms with van der Waals surface area (Å²) in [4.78, 5) is 4.40. The molecule has 1 atom stereocenters. The normalized spacial score (nSPS) is 12.7. The highest BCUT2D eigenvalue weighted by Crippen LogP contribution is 2.26. The van der Waals surface area contributed by atoms with Crippen LogP contribution in [-0.4, -0.2) is 4.98 Å². The molecule has 3 heteroatoms. The van der Waals surface area contributed by atoms with Crippen molar-refractivity contribution in [2.75, 3.05) is 0 Å². The fourth-order valence-corrected chi connectivity index (χ4v) is 2.62. The highest BCUT2D eigenvalue weighted by atomic mass is 16.3. The molecule has 3 aromatic rings. The van der Waals surface area contributed by atoms with Crippen LogP contribution in [0.3, 0.4) is 0 Å². The van der Waals surface area contributed by atoms with Gasteiger partial charge in [0, 0.05) is 36.2 Å². The van der Waals surface area contributed by atoms with Crippen molar-refractivity contribution in [1.82, 2.24) is 10.3 Å². The van der Waals surface area contributed by atoms with E-state index in [-0.39, 0.29) is 6.04 Å². The first-order chi connectivity index (χ1) is 10.3. The molecule has 2 aromatic heterocycles. The van der Waals surface area contributed by atoms with E-state index in [1.807, 2.05) is 36.5 Å². The first-order valence-electron chi connectivity index (χ1n) is 7.43. The molecular formula is C18H20N2O. The van der Waals surface area contributed by atoms with Crippen LogP contribution >= 0.6 is 0 Å². The van der Waals surface area contributed by atoms with Gasteiger partial charge in [0.1, 0.15) is 11.3 Å². The predicted molar refractivity (Wildman–Crippen MR) is 85.1 cm³/mol. The minimum Gasteiger partial charge on any atom is -0.461 e. The number of para-hydroxylation sites is 1. The first-order valence-corrected chi connectivity index (χ1v) is 7.43. The van der Waals surface area contributed by atoms with Gasteiger partial charge in [0.05, 0.1) is 5.69 Å². The van der Waals surface area contributed by atoms with Crippen molar-refractivity contribution in [2.45, 2.75) is 32.9 Å². The Hall–Kier alpha value is -2.13. The largest absolute Gasteiger partial charge is 0.461 e. The third kappa shape index (κ3) is 2.83. The van der Waals surface area contributed by atoms with Gasteiger partial charge in [0.15, 0.2) is 0 Å². The van der Waals surface area contributed by atoms with E-state index < -0.39 is 0 Å². The second-order valence-electron chi connectivity index (χ2n) is 5.21. The maximum absolute atomic E-state index is 5.93. The molecule has 0 fully saturated rings. The maximum atomic E-state index is 5.93. The highest BCUT2D eigenvalue weighted by Gasteiger charge is 2.13. The molecule has 3 nitrogen and oxygen atoms in total. The standard InChI is InChI=1S/C18H20N2O/c1-3-17-15(14-8-4-5-10-18(14)21-17)12-20-13(2)16-9-6-7-11-19-16/h4-11,13,20H,3,12H2,1-2H3/t13-/m0/s1. The van der Waals surface area contributed by atoms with Gasteiger partial charge in [-0.1, -0.05) is 31.2 Å². The summed E-state index contributed by atoms with van der Waals surface area (Å²) in [7, 11) is 0. The molecule has 1 aromatic carbocycles. The minimum atomic E-state index is 0.213. The zero-order valence-electron chi connectivity index (χ0n) is 12.5. The number of pyridine rings is 1. The number of rotatable bonds is 5. The van der Waals surface area contributed by atoms with Crippen molar-refractivity contribution >= 4 is 11.0 Å².